The second-order valence-electron chi connectivity index (χ2n) is 11.6. The molecule has 2 aliphatic heterocycles. The van der Waals surface area contributed by atoms with Crippen LogP contribution >= 0.6 is 0 Å². The third kappa shape index (κ3) is 5.87. The summed E-state index contributed by atoms with van der Waals surface area (Å²) in [5.41, 5.74) is 1.12. The standard InChI is InChI=1S/C32H36N6O5/c1-43-31(41)22-5-2-4-21(18-22)30(40)36-20-28(39)38-17-11-25-26(38)10-16-37(25)24-8-12-32(42,13-9-24)27-7-6-23(19-35-27)29-33-14-3-15-34-29/h2-7,14-15,18-19,24-26,42H,8-13,16-17,20H2,1H3,(H,36,40). The molecule has 2 saturated heterocycles. The van der Waals surface area contributed by atoms with Gasteiger partial charge in [0.1, 0.15) is 5.60 Å². The Bertz CT molecular complexity index is 1480. The molecule has 0 bridgehead atoms. The summed E-state index contributed by atoms with van der Waals surface area (Å²) in [5, 5.41) is 14.2. The van der Waals surface area contributed by atoms with Gasteiger partial charge in [0.05, 0.1) is 24.9 Å². The number of fused-ring (bicyclic) bond motifs is 1. The Hall–Kier alpha value is -4.22. The Labute approximate surface area is 250 Å². The van der Waals surface area contributed by atoms with Crippen molar-refractivity contribution in [3.63, 3.8) is 0 Å². The summed E-state index contributed by atoms with van der Waals surface area (Å²) in [6.45, 7) is 1.48. The van der Waals surface area contributed by atoms with Gasteiger partial charge in [-0.2, -0.15) is 0 Å². The summed E-state index contributed by atoms with van der Waals surface area (Å²) < 4.78 is 4.72. The van der Waals surface area contributed by atoms with Crippen LogP contribution in [0.1, 0.15) is 64.9 Å². The van der Waals surface area contributed by atoms with Gasteiger partial charge >= 0.3 is 5.97 Å². The van der Waals surface area contributed by atoms with Crippen LogP contribution in [0, 0.1) is 0 Å². The number of hydrogen-bond donors (Lipinski definition) is 2. The molecule has 3 aliphatic rings. The van der Waals surface area contributed by atoms with E-state index in [0.717, 1.165) is 37.8 Å². The molecule has 0 spiro atoms. The molecule has 2 amide bonds. The van der Waals surface area contributed by atoms with Gasteiger partial charge in [0.25, 0.3) is 5.91 Å². The number of esters is 1. The first-order chi connectivity index (χ1) is 20.9. The molecule has 2 atom stereocenters. The van der Waals surface area contributed by atoms with Gasteiger partial charge in [0, 0.05) is 60.9 Å². The molecule has 43 heavy (non-hydrogen) atoms. The lowest BCUT2D eigenvalue weighted by Gasteiger charge is -2.41. The minimum atomic E-state index is -0.960. The number of nitrogens with zero attached hydrogens (tertiary/aromatic N) is 5. The topological polar surface area (TPSA) is 138 Å². The Kier molecular flexibility index (Phi) is 8.18. The van der Waals surface area contributed by atoms with Crippen molar-refractivity contribution in [2.75, 3.05) is 26.7 Å². The molecule has 3 fully saturated rings. The molecule has 6 rings (SSSR count). The summed E-state index contributed by atoms with van der Waals surface area (Å²) in [6, 6.07) is 12.6. The quantitative estimate of drug-likeness (QED) is 0.401. The number of likely N-dealkylation sites (tertiary alicyclic amines) is 2. The number of nitrogens with one attached hydrogen (secondary N) is 1. The van der Waals surface area contributed by atoms with Crippen molar-refractivity contribution in [3.05, 3.63) is 77.9 Å². The summed E-state index contributed by atoms with van der Waals surface area (Å²) in [7, 11) is 1.29. The van der Waals surface area contributed by atoms with Crippen molar-refractivity contribution in [3.8, 4) is 11.4 Å². The van der Waals surface area contributed by atoms with Gasteiger partial charge in [-0.05, 0) is 74.9 Å². The molecule has 2 unspecified atom stereocenters. The fourth-order valence-electron chi connectivity index (χ4n) is 6.96. The van der Waals surface area contributed by atoms with E-state index in [9.17, 15) is 19.5 Å². The Balaban J connectivity index is 1.01. The van der Waals surface area contributed by atoms with Gasteiger partial charge < -0.3 is 20.1 Å². The van der Waals surface area contributed by atoms with Gasteiger partial charge in [-0.1, -0.05) is 6.07 Å². The SMILES string of the molecule is COC(=O)c1cccc(C(=O)NCC(=O)N2CCC3C2CCN3C2CCC(O)(c3ccc(-c4ncccn4)cn3)CC2)c1. The van der Waals surface area contributed by atoms with Crippen molar-refractivity contribution in [2.24, 2.45) is 0 Å². The Morgan fingerprint density at radius 1 is 0.953 bits per heavy atom. The molecule has 2 N–H and O–H groups in total. The molecule has 224 valence electrons. The number of carbonyl (C=O) groups is 3. The fourth-order valence-corrected chi connectivity index (χ4v) is 6.96. The number of aliphatic hydroxyl groups is 1. The van der Waals surface area contributed by atoms with E-state index in [0.29, 0.717) is 42.5 Å². The lowest BCUT2D eigenvalue weighted by molar-refractivity contribution is -0.130. The van der Waals surface area contributed by atoms with Crippen molar-refractivity contribution in [1.29, 1.82) is 0 Å². The van der Waals surface area contributed by atoms with Gasteiger partial charge in [0.15, 0.2) is 5.82 Å². The fraction of sp³-hybridized carbons (Fsp3) is 0.438. The number of methoxy groups -OCH3 is 1. The van der Waals surface area contributed by atoms with E-state index in [1.807, 2.05) is 17.0 Å². The lowest BCUT2D eigenvalue weighted by Crippen LogP contribution is -2.47. The molecular formula is C32H36N6O5. The van der Waals surface area contributed by atoms with Crippen LogP contribution in [-0.4, -0.2) is 92.5 Å². The maximum atomic E-state index is 13.2. The van der Waals surface area contributed by atoms with E-state index in [1.165, 1.54) is 13.2 Å². The second kappa shape index (κ2) is 12.2. The number of carbonyl (C=O) groups excluding carboxylic acids is 3. The zero-order valence-corrected chi connectivity index (χ0v) is 24.2. The first kappa shape index (κ1) is 28.9. The van der Waals surface area contributed by atoms with Crippen LogP contribution in [0.4, 0.5) is 0 Å². The predicted octanol–water partition coefficient (Wildman–Crippen LogP) is 2.56. The largest absolute Gasteiger partial charge is 0.465 e. The number of rotatable bonds is 7. The smallest absolute Gasteiger partial charge is 0.337 e. The summed E-state index contributed by atoms with van der Waals surface area (Å²) in [6.07, 6.45) is 9.90. The highest BCUT2D eigenvalue weighted by Gasteiger charge is 2.48. The predicted molar refractivity (Wildman–Crippen MR) is 157 cm³/mol. The van der Waals surface area contributed by atoms with E-state index < -0.39 is 17.5 Å². The summed E-state index contributed by atoms with van der Waals surface area (Å²) >= 11 is 0. The third-order valence-electron chi connectivity index (χ3n) is 9.20. The molecule has 2 aromatic heterocycles. The van der Waals surface area contributed by atoms with Crippen molar-refractivity contribution < 1.29 is 24.2 Å². The number of ether oxygens (including phenoxy) is 1. The summed E-state index contributed by atoms with van der Waals surface area (Å²) in [4.78, 5) is 55.2. The molecule has 1 saturated carbocycles. The Morgan fingerprint density at radius 3 is 2.42 bits per heavy atom. The molecule has 1 aliphatic carbocycles. The van der Waals surface area contributed by atoms with E-state index in [2.05, 4.69) is 25.2 Å². The number of pyridine rings is 1. The molecule has 1 aromatic carbocycles. The molecule has 11 heteroatoms. The first-order valence-corrected chi connectivity index (χ1v) is 14.8. The molecule has 4 heterocycles. The first-order valence-electron chi connectivity index (χ1n) is 14.8. The molecule has 0 radical (unpaired) electrons. The lowest BCUT2D eigenvalue weighted by atomic mass is 9.79. The monoisotopic (exact) mass is 584 g/mol. The minimum Gasteiger partial charge on any atom is -0.465 e. The molecular weight excluding hydrogens is 548 g/mol. The third-order valence-corrected chi connectivity index (χ3v) is 9.20. The second-order valence-corrected chi connectivity index (χ2v) is 11.6. The average Bonchev–Trinajstić information content (AvgIpc) is 3.67. The van der Waals surface area contributed by atoms with Crippen LogP contribution < -0.4 is 5.32 Å². The van der Waals surface area contributed by atoms with E-state index in [4.69, 9.17) is 4.74 Å². The van der Waals surface area contributed by atoms with Crippen LogP contribution in [0.5, 0.6) is 0 Å². The Morgan fingerprint density at radius 2 is 1.70 bits per heavy atom. The highest BCUT2D eigenvalue weighted by atomic mass is 16.5. The van der Waals surface area contributed by atoms with Gasteiger partial charge in [0.2, 0.25) is 5.91 Å². The van der Waals surface area contributed by atoms with Crippen molar-refractivity contribution in [2.45, 2.75) is 62.3 Å². The average molecular weight is 585 g/mol. The van der Waals surface area contributed by atoms with Crippen molar-refractivity contribution >= 4 is 17.8 Å². The van der Waals surface area contributed by atoms with Gasteiger partial charge in [-0.25, -0.2) is 14.8 Å². The van der Waals surface area contributed by atoms with Crippen LogP contribution in [0.3, 0.4) is 0 Å². The number of hydrogen-bond acceptors (Lipinski definition) is 9. The van der Waals surface area contributed by atoms with Crippen LogP contribution in [0.25, 0.3) is 11.4 Å². The highest BCUT2D eigenvalue weighted by molar-refractivity contribution is 5.99. The zero-order valence-electron chi connectivity index (χ0n) is 24.2. The van der Waals surface area contributed by atoms with Gasteiger partial charge in [-0.3, -0.25) is 19.5 Å². The minimum absolute atomic E-state index is 0.0941. The van der Waals surface area contributed by atoms with E-state index in [-0.39, 0.29) is 30.1 Å². The normalized spacial score (nSPS) is 25.3. The van der Waals surface area contributed by atoms with Crippen LogP contribution in [-0.2, 0) is 15.1 Å². The van der Waals surface area contributed by atoms with Crippen LogP contribution in [0.2, 0.25) is 0 Å². The number of amides is 2. The van der Waals surface area contributed by atoms with Crippen molar-refractivity contribution in [1.82, 2.24) is 30.1 Å². The number of aromatic nitrogens is 3. The highest BCUT2D eigenvalue weighted by Crippen LogP contribution is 2.42. The number of benzene rings is 1. The molecule has 3 aromatic rings. The van der Waals surface area contributed by atoms with Gasteiger partial charge in [-0.15, -0.1) is 0 Å². The van der Waals surface area contributed by atoms with E-state index in [1.54, 1.807) is 42.9 Å². The molecule has 11 nitrogen and oxygen atoms in total. The maximum absolute atomic E-state index is 13.2. The zero-order chi connectivity index (χ0) is 30.0. The van der Waals surface area contributed by atoms with E-state index >= 15 is 0 Å². The maximum Gasteiger partial charge on any atom is 0.337 e. The van der Waals surface area contributed by atoms with Crippen LogP contribution in [0.15, 0.2) is 61.1 Å². The summed E-state index contributed by atoms with van der Waals surface area (Å²) in [5.74, 6) is -0.417.